The maximum Gasteiger partial charge on any atom is 0.215 e. The zero-order valence-electron chi connectivity index (χ0n) is 16.0. The molecule has 148 valence electrons. The number of ketones is 2. The van der Waals surface area contributed by atoms with Gasteiger partial charge in [0, 0.05) is 22.3 Å². The number of carbonyl (C=O) groups is 2. The lowest BCUT2D eigenvalue weighted by atomic mass is 9.82. The van der Waals surface area contributed by atoms with E-state index in [4.69, 9.17) is 4.52 Å². The van der Waals surface area contributed by atoms with Crippen LogP contribution in [-0.2, 0) is 14.1 Å². The molecule has 0 heterocycles. The summed E-state index contributed by atoms with van der Waals surface area (Å²) in [6.07, 6.45) is 8.54. The Bertz CT molecular complexity index is 347. The lowest BCUT2D eigenvalue weighted by Crippen LogP contribution is -2.57. The first-order valence-corrected chi connectivity index (χ1v) is 10.2. The van der Waals surface area contributed by atoms with Crippen LogP contribution in [0.25, 0.3) is 0 Å². The SMILES string of the molecule is CCCCCCCC(=O)C(OP)(C(=O)CCCCCCC)C(O)CO. The second-order valence-electron chi connectivity index (χ2n) is 6.73. The molecular formula is C19H37O5P. The topological polar surface area (TPSA) is 83.8 Å². The number of Topliss-reactive ketones (excluding diaryl/α,β-unsaturated/α-hetero) is 2. The molecular weight excluding hydrogens is 339 g/mol. The van der Waals surface area contributed by atoms with Crippen LogP contribution in [-0.4, -0.2) is 40.1 Å². The molecule has 0 aromatic rings. The second kappa shape index (κ2) is 14.8. The first kappa shape index (κ1) is 24.7. The van der Waals surface area contributed by atoms with Crippen molar-refractivity contribution in [2.45, 2.75) is 103 Å². The van der Waals surface area contributed by atoms with Gasteiger partial charge in [-0.3, -0.25) is 9.59 Å². The Labute approximate surface area is 155 Å². The zero-order chi connectivity index (χ0) is 19.1. The van der Waals surface area contributed by atoms with Gasteiger partial charge in [0.05, 0.1) is 6.61 Å². The first-order chi connectivity index (χ1) is 12.0. The smallest absolute Gasteiger partial charge is 0.215 e. The van der Waals surface area contributed by atoms with Gasteiger partial charge >= 0.3 is 0 Å². The molecule has 0 aromatic carbocycles. The number of unbranched alkanes of at least 4 members (excludes halogenated alkanes) is 8. The minimum atomic E-state index is -1.95. The minimum Gasteiger partial charge on any atom is -0.394 e. The van der Waals surface area contributed by atoms with Gasteiger partial charge in [0.25, 0.3) is 0 Å². The van der Waals surface area contributed by atoms with Gasteiger partial charge in [0.15, 0.2) is 11.6 Å². The fourth-order valence-electron chi connectivity index (χ4n) is 3.02. The van der Waals surface area contributed by atoms with Gasteiger partial charge in [0.1, 0.15) is 6.10 Å². The van der Waals surface area contributed by atoms with Crippen LogP contribution in [0.5, 0.6) is 0 Å². The van der Waals surface area contributed by atoms with Crippen LogP contribution in [0.15, 0.2) is 0 Å². The van der Waals surface area contributed by atoms with Crippen LogP contribution in [0.2, 0.25) is 0 Å². The number of rotatable bonds is 17. The maximum atomic E-state index is 12.7. The van der Waals surface area contributed by atoms with Crippen molar-refractivity contribution < 1.29 is 24.3 Å². The third-order valence-corrected chi connectivity index (χ3v) is 5.04. The number of hydrogen-bond acceptors (Lipinski definition) is 5. The molecule has 0 saturated carbocycles. The van der Waals surface area contributed by atoms with Crippen LogP contribution in [0.1, 0.15) is 90.9 Å². The number of aliphatic hydroxyl groups is 2. The molecule has 0 aliphatic carbocycles. The Morgan fingerprint density at radius 1 is 0.880 bits per heavy atom. The molecule has 25 heavy (non-hydrogen) atoms. The van der Waals surface area contributed by atoms with E-state index in [1.807, 2.05) is 9.47 Å². The molecule has 2 N–H and O–H groups in total. The average molecular weight is 376 g/mol. The highest BCUT2D eigenvalue weighted by Gasteiger charge is 2.50. The van der Waals surface area contributed by atoms with E-state index in [1.165, 1.54) is 0 Å². The van der Waals surface area contributed by atoms with Crippen molar-refractivity contribution in [2.24, 2.45) is 0 Å². The van der Waals surface area contributed by atoms with Crippen LogP contribution in [0.3, 0.4) is 0 Å². The zero-order valence-corrected chi connectivity index (χ0v) is 17.1. The molecule has 2 unspecified atom stereocenters. The second-order valence-corrected chi connectivity index (χ2v) is 6.96. The largest absolute Gasteiger partial charge is 0.394 e. The van der Waals surface area contributed by atoms with E-state index in [2.05, 4.69) is 13.8 Å². The van der Waals surface area contributed by atoms with Crippen molar-refractivity contribution in [3.63, 3.8) is 0 Å². The summed E-state index contributed by atoms with van der Waals surface area (Å²) < 4.78 is 5.18. The van der Waals surface area contributed by atoms with Crippen LogP contribution in [0, 0.1) is 0 Å². The molecule has 0 radical (unpaired) electrons. The molecule has 6 heteroatoms. The fraction of sp³-hybridized carbons (Fsp3) is 0.895. The van der Waals surface area contributed by atoms with Gasteiger partial charge in [-0.2, -0.15) is 0 Å². The number of carbonyl (C=O) groups excluding carboxylic acids is 2. The molecule has 0 saturated heterocycles. The third-order valence-electron chi connectivity index (χ3n) is 4.67. The molecule has 0 rings (SSSR count). The Morgan fingerprint density at radius 3 is 1.60 bits per heavy atom. The molecule has 5 nitrogen and oxygen atoms in total. The summed E-state index contributed by atoms with van der Waals surface area (Å²) in [5.41, 5.74) is -1.95. The summed E-state index contributed by atoms with van der Waals surface area (Å²) >= 11 is 0. The van der Waals surface area contributed by atoms with E-state index in [9.17, 15) is 19.8 Å². The summed E-state index contributed by atoms with van der Waals surface area (Å²) in [5, 5.41) is 19.5. The van der Waals surface area contributed by atoms with Crippen molar-refractivity contribution in [3.8, 4) is 0 Å². The van der Waals surface area contributed by atoms with Gasteiger partial charge in [0.2, 0.25) is 5.60 Å². The average Bonchev–Trinajstić information content (AvgIpc) is 2.62. The Balaban J connectivity index is 4.80. The van der Waals surface area contributed by atoms with E-state index in [0.717, 1.165) is 51.4 Å². The summed E-state index contributed by atoms with van der Waals surface area (Å²) in [6, 6.07) is 0. The van der Waals surface area contributed by atoms with E-state index in [0.29, 0.717) is 12.8 Å². The predicted molar refractivity (Wildman–Crippen MR) is 103 cm³/mol. The molecule has 2 atom stereocenters. The van der Waals surface area contributed by atoms with E-state index < -0.39 is 29.9 Å². The van der Waals surface area contributed by atoms with Crippen molar-refractivity contribution in [1.82, 2.24) is 0 Å². The van der Waals surface area contributed by atoms with Gasteiger partial charge in [-0.15, -0.1) is 0 Å². The highest BCUT2D eigenvalue weighted by molar-refractivity contribution is 7.10. The van der Waals surface area contributed by atoms with Crippen LogP contribution < -0.4 is 0 Å². The molecule has 0 aliphatic heterocycles. The number of hydrogen-bond donors (Lipinski definition) is 2. The van der Waals surface area contributed by atoms with Gasteiger partial charge < -0.3 is 14.7 Å². The fourth-order valence-corrected chi connectivity index (χ4v) is 3.44. The van der Waals surface area contributed by atoms with Crippen molar-refractivity contribution in [1.29, 1.82) is 0 Å². The highest BCUT2D eigenvalue weighted by atomic mass is 31.0. The summed E-state index contributed by atoms with van der Waals surface area (Å²) in [5.74, 6) is -0.863. The quantitative estimate of drug-likeness (QED) is 0.229. The molecule has 0 amide bonds. The lowest BCUT2D eigenvalue weighted by Gasteiger charge is -2.33. The molecule has 0 bridgehead atoms. The van der Waals surface area contributed by atoms with Gasteiger partial charge in [-0.25, -0.2) is 0 Å². The lowest BCUT2D eigenvalue weighted by molar-refractivity contribution is -0.160. The van der Waals surface area contributed by atoms with Gasteiger partial charge in [-0.05, 0) is 12.8 Å². The standard InChI is InChI=1S/C19H37O5P/c1-3-5-7-9-11-13-16(21)19(24-25,18(23)15-20)17(22)14-12-10-8-6-4-2/h18,20,23H,3-15,25H2,1-2H3. The molecule has 0 spiro atoms. The van der Waals surface area contributed by atoms with Gasteiger partial charge in [-0.1, -0.05) is 65.2 Å². The molecule has 0 aliphatic rings. The monoisotopic (exact) mass is 376 g/mol. The highest BCUT2D eigenvalue weighted by Crippen LogP contribution is 2.28. The summed E-state index contributed by atoms with van der Waals surface area (Å²) in [4.78, 5) is 25.4. The van der Waals surface area contributed by atoms with Crippen LogP contribution in [0.4, 0.5) is 0 Å². The Morgan fingerprint density at radius 2 is 1.28 bits per heavy atom. The van der Waals surface area contributed by atoms with Crippen molar-refractivity contribution in [3.05, 3.63) is 0 Å². The van der Waals surface area contributed by atoms with E-state index >= 15 is 0 Å². The predicted octanol–water partition coefficient (Wildman–Crippen LogP) is 3.74. The number of aliphatic hydroxyl groups excluding tert-OH is 2. The Kier molecular flexibility index (Phi) is 14.6. The van der Waals surface area contributed by atoms with Crippen molar-refractivity contribution in [2.75, 3.05) is 6.61 Å². The van der Waals surface area contributed by atoms with Crippen LogP contribution >= 0.6 is 9.47 Å². The molecule has 0 aromatic heterocycles. The first-order valence-electron chi connectivity index (χ1n) is 9.74. The normalized spacial score (nSPS) is 13.0. The minimum absolute atomic E-state index is 0.177. The molecule has 0 fully saturated rings. The summed E-state index contributed by atoms with van der Waals surface area (Å²) in [7, 11) is 1.94. The van der Waals surface area contributed by atoms with E-state index in [1.54, 1.807) is 0 Å². The van der Waals surface area contributed by atoms with Crippen molar-refractivity contribution >= 4 is 21.0 Å². The summed E-state index contributed by atoms with van der Waals surface area (Å²) in [6.45, 7) is 3.56. The Hall–Kier alpha value is -0.350. The van der Waals surface area contributed by atoms with E-state index in [-0.39, 0.29) is 12.8 Å². The maximum absolute atomic E-state index is 12.7. The third kappa shape index (κ3) is 8.25.